The maximum Gasteiger partial charge on any atom is 0.416 e. The van der Waals surface area contributed by atoms with Crippen LogP contribution in [0.4, 0.5) is 18.9 Å². The molecule has 1 unspecified atom stereocenters. The number of halogens is 3. The number of hydrogen-bond acceptors (Lipinski definition) is 2. The summed E-state index contributed by atoms with van der Waals surface area (Å²) in [6.45, 7) is 2.42. The quantitative estimate of drug-likeness (QED) is 0.627. The first-order valence-corrected chi connectivity index (χ1v) is 9.50. The van der Waals surface area contributed by atoms with Crippen molar-refractivity contribution in [2.24, 2.45) is 5.92 Å². The second-order valence-corrected chi connectivity index (χ2v) is 7.01. The molecule has 0 aliphatic heterocycles. The van der Waals surface area contributed by atoms with Gasteiger partial charge >= 0.3 is 6.18 Å². The van der Waals surface area contributed by atoms with Crippen molar-refractivity contribution in [3.8, 4) is 0 Å². The molecule has 1 aromatic rings. The number of anilines is 1. The molecule has 6 heteroatoms. The second kappa shape index (κ2) is 9.95. The first-order valence-electron chi connectivity index (χ1n) is 9.50. The summed E-state index contributed by atoms with van der Waals surface area (Å²) < 4.78 is 44.1. The minimum absolute atomic E-state index is 0.146. The summed E-state index contributed by atoms with van der Waals surface area (Å²) in [5, 5.41) is 2.59. The van der Waals surface area contributed by atoms with Crippen LogP contribution in [0.1, 0.15) is 63.9 Å². The Morgan fingerprint density at radius 2 is 2.00 bits per heavy atom. The largest absolute Gasteiger partial charge is 0.416 e. The van der Waals surface area contributed by atoms with Crippen molar-refractivity contribution < 1.29 is 22.7 Å². The highest BCUT2D eigenvalue weighted by molar-refractivity contribution is 5.94. The van der Waals surface area contributed by atoms with Crippen molar-refractivity contribution in [3.05, 3.63) is 29.8 Å². The average molecular weight is 371 g/mol. The van der Waals surface area contributed by atoms with Gasteiger partial charge in [-0.15, -0.1) is 0 Å². The molecule has 0 bridgehead atoms. The molecule has 3 nitrogen and oxygen atoms in total. The van der Waals surface area contributed by atoms with E-state index in [1.807, 2.05) is 6.92 Å². The Labute approximate surface area is 153 Å². The number of amides is 1. The maximum absolute atomic E-state index is 12.8. The lowest BCUT2D eigenvalue weighted by Crippen LogP contribution is -2.31. The van der Waals surface area contributed by atoms with Gasteiger partial charge in [0.15, 0.2) is 0 Å². The van der Waals surface area contributed by atoms with Crippen molar-refractivity contribution in [3.63, 3.8) is 0 Å². The molecule has 1 N–H and O–H groups in total. The molecule has 0 radical (unpaired) electrons. The highest BCUT2D eigenvalue weighted by Crippen LogP contribution is 2.31. The first kappa shape index (κ1) is 20.7. The third-order valence-corrected chi connectivity index (χ3v) is 4.83. The lowest BCUT2D eigenvalue weighted by atomic mass is 9.85. The Morgan fingerprint density at radius 3 is 2.65 bits per heavy atom. The topological polar surface area (TPSA) is 38.3 Å². The van der Waals surface area contributed by atoms with Crippen molar-refractivity contribution in [2.45, 2.75) is 70.6 Å². The number of ether oxygens (including phenoxy) is 1. The second-order valence-electron chi connectivity index (χ2n) is 7.01. The van der Waals surface area contributed by atoms with E-state index in [0.717, 1.165) is 25.0 Å². The van der Waals surface area contributed by atoms with Crippen molar-refractivity contribution in [2.75, 3.05) is 11.9 Å². The fraction of sp³-hybridized carbons (Fsp3) is 0.650. The fourth-order valence-electron chi connectivity index (χ4n) is 3.41. The van der Waals surface area contributed by atoms with Crippen LogP contribution < -0.4 is 5.32 Å². The number of carbonyl (C=O) groups excluding carboxylic acids is 1. The monoisotopic (exact) mass is 371 g/mol. The molecule has 1 amide bonds. The van der Waals surface area contributed by atoms with Gasteiger partial charge in [-0.2, -0.15) is 13.2 Å². The summed E-state index contributed by atoms with van der Waals surface area (Å²) in [5.74, 6) is 0.256. The third kappa shape index (κ3) is 6.63. The van der Waals surface area contributed by atoms with E-state index in [1.165, 1.54) is 44.2 Å². The molecule has 0 aromatic heterocycles. The molecule has 2 rings (SSSR count). The van der Waals surface area contributed by atoms with Gasteiger partial charge < -0.3 is 10.1 Å². The van der Waals surface area contributed by atoms with Crippen LogP contribution in [0, 0.1) is 5.92 Å². The van der Waals surface area contributed by atoms with Crippen LogP contribution in [0.2, 0.25) is 0 Å². The minimum Gasteiger partial charge on any atom is -0.368 e. The van der Waals surface area contributed by atoms with Crippen LogP contribution in [0.25, 0.3) is 0 Å². The van der Waals surface area contributed by atoms with E-state index in [9.17, 15) is 18.0 Å². The standard InChI is InChI=1S/C20H28F3NO2/c1-2-13-26-18(12-11-15-7-4-3-5-8-15)19(25)24-17-10-6-9-16(14-17)20(21,22)23/h6,9-10,14-15,18H,2-5,7-8,11-13H2,1H3,(H,24,25). The van der Waals surface area contributed by atoms with Gasteiger partial charge in [-0.05, 0) is 43.4 Å². The fourth-order valence-corrected chi connectivity index (χ4v) is 3.41. The Hall–Kier alpha value is -1.56. The summed E-state index contributed by atoms with van der Waals surface area (Å²) in [6, 6.07) is 4.70. The average Bonchev–Trinajstić information content (AvgIpc) is 2.62. The molecular formula is C20H28F3NO2. The smallest absolute Gasteiger partial charge is 0.368 e. The van der Waals surface area contributed by atoms with E-state index < -0.39 is 17.8 Å². The first-order chi connectivity index (χ1) is 12.4. The predicted octanol–water partition coefficient (Wildman–Crippen LogP) is 5.80. The lowest BCUT2D eigenvalue weighted by molar-refractivity contribution is -0.137. The van der Waals surface area contributed by atoms with Gasteiger partial charge in [-0.25, -0.2) is 0 Å². The molecule has 0 heterocycles. The summed E-state index contributed by atoms with van der Waals surface area (Å²) in [7, 11) is 0. The van der Waals surface area contributed by atoms with Gasteiger partial charge in [0.25, 0.3) is 5.91 Å². The molecule has 1 fully saturated rings. The molecule has 1 saturated carbocycles. The Morgan fingerprint density at radius 1 is 1.27 bits per heavy atom. The van der Waals surface area contributed by atoms with Crippen molar-refractivity contribution in [1.82, 2.24) is 0 Å². The summed E-state index contributed by atoms with van der Waals surface area (Å²) in [6.07, 6.45) is 3.40. The van der Waals surface area contributed by atoms with Gasteiger partial charge in [-0.3, -0.25) is 4.79 Å². The van der Waals surface area contributed by atoms with Crippen LogP contribution in [0.5, 0.6) is 0 Å². The molecular weight excluding hydrogens is 343 g/mol. The SMILES string of the molecule is CCCOC(CCC1CCCCC1)C(=O)Nc1cccc(C(F)(F)F)c1. The Kier molecular flexibility index (Phi) is 7.94. The highest BCUT2D eigenvalue weighted by atomic mass is 19.4. The van der Waals surface area contributed by atoms with E-state index in [1.54, 1.807) is 0 Å². The summed E-state index contributed by atoms with van der Waals surface area (Å²) in [4.78, 5) is 12.5. The molecule has 1 aliphatic carbocycles. The normalized spacial score (nSPS) is 17.1. The van der Waals surface area contributed by atoms with E-state index in [2.05, 4.69) is 5.32 Å². The predicted molar refractivity (Wildman–Crippen MR) is 95.9 cm³/mol. The molecule has 26 heavy (non-hydrogen) atoms. The Bertz CT molecular complexity index is 568. The van der Waals surface area contributed by atoms with E-state index >= 15 is 0 Å². The zero-order valence-electron chi connectivity index (χ0n) is 15.3. The minimum atomic E-state index is -4.43. The van der Waals surface area contributed by atoms with Crippen molar-refractivity contribution >= 4 is 11.6 Å². The van der Waals surface area contributed by atoms with E-state index in [0.29, 0.717) is 18.9 Å². The summed E-state index contributed by atoms with van der Waals surface area (Å²) >= 11 is 0. The molecule has 1 atom stereocenters. The van der Waals surface area contributed by atoms with E-state index in [-0.39, 0.29) is 11.6 Å². The number of carbonyl (C=O) groups is 1. The van der Waals surface area contributed by atoms with Gasteiger partial charge in [0.1, 0.15) is 6.10 Å². The molecule has 1 aromatic carbocycles. The van der Waals surface area contributed by atoms with Gasteiger partial charge in [-0.1, -0.05) is 45.1 Å². The van der Waals surface area contributed by atoms with Crippen LogP contribution in [-0.2, 0) is 15.7 Å². The van der Waals surface area contributed by atoms with Gasteiger partial charge in [0, 0.05) is 12.3 Å². The number of alkyl halides is 3. The van der Waals surface area contributed by atoms with Gasteiger partial charge in [0.2, 0.25) is 0 Å². The lowest BCUT2D eigenvalue weighted by Gasteiger charge is -2.24. The van der Waals surface area contributed by atoms with Crippen LogP contribution in [0.15, 0.2) is 24.3 Å². The summed E-state index contributed by atoms with van der Waals surface area (Å²) in [5.41, 5.74) is -0.629. The molecule has 146 valence electrons. The number of benzene rings is 1. The number of rotatable bonds is 8. The zero-order valence-corrected chi connectivity index (χ0v) is 15.3. The molecule has 0 saturated heterocycles. The van der Waals surface area contributed by atoms with Crippen LogP contribution in [-0.4, -0.2) is 18.6 Å². The Balaban J connectivity index is 1.96. The van der Waals surface area contributed by atoms with E-state index in [4.69, 9.17) is 4.74 Å². The van der Waals surface area contributed by atoms with Crippen LogP contribution in [0.3, 0.4) is 0 Å². The zero-order chi connectivity index (χ0) is 19.0. The molecule has 0 spiro atoms. The highest BCUT2D eigenvalue weighted by Gasteiger charge is 2.31. The van der Waals surface area contributed by atoms with Crippen molar-refractivity contribution in [1.29, 1.82) is 0 Å². The number of hydrogen-bond donors (Lipinski definition) is 1. The molecule has 1 aliphatic rings. The van der Waals surface area contributed by atoms with Gasteiger partial charge in [0.05, 0.1) is 5.56 Å². The maximum atomic E-state index is 12.8. The third-order valence-electron chi connectivity index (χ3n) is 4.83. The van der Waals surface area contributed by atoms with Crippen LogP contribution >= 0.6 is 0 Å². The number of nitrogens with one attached hydrogen (secondary N) is 1.